The van der Waals surface area contributed by atoms with Gasteiger partial charge in [0.05, 0.1) is 0 Å². The van der Waals surface area contributed by atoms with E-state index in [4.69, 9.17) is 0 Å². The van der Waals surface area contributed by atoms with Crippen LogP contribution in [0.1, 0.15) is 25.8 Å². The SMILES string of the molecule is CCNC(C)(CCc1ccc(OC(F)F)cc1)C(F)(F)F. The van der Waals surface area contributed by atoms with Gasteiger partial charge in [0, 0.05) is 0 Å². The molecule has 0 bridgehead atoms. The number of benzene rings is 1. The summed E-state index contributed by atoms with van der Waals surface area (Å²) in [6, 6.07) is 5.61. The van der Waals surface area contributed by atoms with Crippen molar-refractivity contribution in [1.82, 2.24) is 5.32 Å². The summed E-state index contributed by atoms with van der Waals surface area (Å²) in [6.07, 6.45) is -4.32. The highest BCUT2D eigenvalue weighted by Gasteiger charge is 2.49. The maximum atomic E-state index is 13.0. The molecule has 1 aromatic carbocycles. The van der Waals surface area contributed by atoms with Crippen LogP contribution in [0.25, 0.3) is 0 Å². The van der Waals surface area contributed by atoms with Crippen molar-refractivity contribution in [2.75, 3.05) is 6.54 Å². The van der Waals surface area contributed by atoms with E-state index in [2.05, 4.69) is 10.1 Å². The van der Waals surface area contributed by atoms with E-state index in [-0.39, 0.29) is 25.1 Å². The zero-order valence-corrected chi connectivity index (χ0v) is 11.8. The highest BCUT2D eigenvalue weighted by molar-refractivity contribution is 5.27. The third-order valence-electron chi connectivity index (χ3n) is 3.25. The van der Waals surface area contributed by atoms with Crippen molar-refractivity contribution < 1.29 is 26.7 Å². The van der Waals surface area contributed by atoms with Crippen molar-refractivity contribution in [1.29, 1.82) is 0 Å². The largest absolute Gasteiger partial charge is 0.435 e. The quantitative estimate of drug-likeness (QED) is 0.764. The third kappa shape index (κ3) is 5.15. The van der Waals surface area contributed by atoms with Gasteiger partial charge in [-0.25, -0.2) is 0 Å². The smallest absolute Gasteiger partial charge is 0.406 e. The van der Waals surface area contributed by atoms with Crippen molar-refractivity contribution in [3.8, 4) is 5.75 Å². The van der Waals surface area contributed by atoms with Crippen LogP contribution in [0.3, 0.4) is 0 Å². The average molecular weight is 311 g/mol. The molecule has 0 amide bonds. The predicted octanol–water partition coefficient (Wildman–Crippen LogP) is 4.15. The second kappa shape index (κ2) is 7.06. The van der Waals surface area contributed by atoms with Crippen LogP contribution in [0.15, 0.2) is 24.3 Å². The first kappa shape index (κ1) is 17.7. The van der Waals surface area contributed by atoms with Crippen LogP contribution in [0, 0.1) is 0 Å². The molecular formula is C14H18F5NO. The first-order chi connectivity index (χ1) is 9.68. The van der Waals surface area contributed by atoms with Crippen molar-refractivity contribution in [3.05, 3.63) is 29.8 Å². The number of ether oxygens (including phenoxy) is 1. The zero-order valence-electron chi connectivity index (χ0n) is 11.8. The first-order valence-corrected chi connectivity index (χ1v) is 6.53. The number of hydrogen-bond acceptors (Lipinski definition) is 2. The maximum Gasteiger partial charge on any atom is 0.406 e. The molecule has 0 aliphatic rings. The van der Waals surface area contributed by atoms with E-state index in [1.54, 1.807) is 6.92 Å². The molecule has 120 valence electrons. The number of halogens is 5. The highest BCUT2D eigenvalue weighted by atomic mass is 19.4. The lowest BCUT2D eigenvalue weighted by Crippen LogP contribution is -2.54. The van der Waals surface area contributed by atoms with Crippen LogP contribution in [0.4, 0.5) is 22.0 Å². The van der Waals surface area contributed by atoms with Crippen molar-refractivity contribution in [3.63, 3.8) is 0 Å². The number of nitrogens with one attached hydrogen (secondary N) is 1. The van der Waals surface area contributed by atoms with Gasteiger partial charge in [-0.1, -0.05) is 19.1 Å². The molecule has 0 heterocycles. The molecule has 0 saturated carbocycles. The van der Waals surface area contributed by atoms with Crippen molar-refractivity contribution >= 4 is 0 Å². The van der Waals surface area contributed by atoms with E-state index in [1.165, 1.54) is 24.3 Å². The summed E-state index contributed by atoms with van der Waals surface area (Å²) < 4.78 is 67.3. The Balaban J connectivity index is 2.68. The van der Waals surface area contributed by atoms with Gasteiger partial charge >= 0.3 is 12.8 Å². The maximum absolute atomic E-state index is 13.0. The molecule has 0 aliphatic heterocycles. The van der Waals surface area contributed by atoms with Gasteiger partial charge in [0.15, 0.2) is 0 Å². The molecule has 0 aromatic heterocycles. The lowest BCUT2D eigenvalue weighted by atomic mass is 9.92. The fraction of sp³-hybridized carbons (Fsp3) is 0.571. The Morgan fingerprint density at radius 1 is 1.14 bits per heavy atom. The Morgan fingerprint density at radius 3 is 2.14 bits per heavy atom. The van der Waals surface area contributed by atoms with Gasteiger partial charge in [0.25, 0.3) is 0 Å². The van der Waals surface area contributed by atoms with E-state index < -0.39 is 18.3 Å². The number of rotatable bonds is 7. The lowest BCUT2D eigenvalue weighted by Gasteiger charge is -2.33. The molecule has 0 radical (unpaired) electrons. The Hall–Kier alpha value is -1.37. The summed E-state index contributed by atoms with van der Waals surface area (Å²) in [6.45, 7) is 0.0146. The average Bonchev–Trinajstić information content (AvgIpc) is 2.36. The Bertz CT molecular complexity index is 432. The molecule has 1 unspecified atom stereocenters. The van der Waals surface area contributed by atoms with Crippen LogP contribution < -0.4 is 10.1 Å². The molecular weight excluding hydrogens is 293 g/mol. The van der Waals surface area contributed by atoms with Crippen LogP contribution in [0.2, 0.25) is 0 Å². The van der Waals surface area contributed by atoms with Crippen LogP contribution in [-0.4, -0.2) is 24.9 Å². The topological polar surface area (TPSA) is 21.3 Å². The predicted molar refractivity (Wildman–Crippen MR) is 69.5 cm³/mol. The third-order valence-corrected chi connectivity index (χ3v) is 3.25. The zero-order chi connectivity index (χ0) is 16.1. The summed E-state index contributed by atoms with van der Waals surface area (Å²) >= 11 is 0. The molecule has 0 saturated heterocycles. The van der Waals surface area contributed by atoms with Gasteiger partial charge < -0.3 is 10.1 Å². The molecule has 0 aliphatic carbocycles. The van der Waals surface area contributed by atoms with Gasteiger partial charge in [0.1, 0.15) is 11.3 Å². The Kier molecular flexibility index (Phi) is 5.95. The van der Waals surface area contributed by atoms with Gasteiger partial charge in [-0.2, -0.15) is 22.0 Å². The molecule has 1 rings (SSSR count). The summed E-state index contributed by atoms with van der Waals surface area (Å²) in [7, 11) is 0. The molecule has 21 heavy (non-hydrogen) atoms. The highest BCUT2D eigenvalue weighted by Crippen LogP contribution is 2.33. The molecule has 1 N–H and O–H groups in total. The second-order valence-electron chi connectivity index (χ2n) is 4.88. The molecule has 0 fully saturated rings. The summed E-state index contributed by atoms with van der Waals surface area (Å²) in [5.74, 6) is -0.0148. The van der Waals surface area contributed by atoms with E-state index in [1.807, 2.05) is 0 Å². The number of hydrogen-bond donors (Lipinski definition) is 1. The van der Waals surface area contributed by atoms with Crippen molar-refractivity contribution in [2.24, 2.45) is 0 Å². The molecule has 1 atom stereocenters. The number of aryl methyl sites for hydroxylation is 1. The molecule has 0 spiro atoms. The second-order valence-corrected chi connectivity index (χ2v) is 4.88. The van der Waals surface area contributed by atoms with E-state index in [0.29, 0.717) is 5.56 Å². The monoisotopic (exact) mass is 311 g/mol. The minimum atomic E-state index is -4.36. The fourth-order valence-electron chi connectivity index (χ4n) is 1.95. The summed E-state index contributed by atoms with van der Waals surface area (Å²) in [4.78, 5) is 0. The van der Waals surface area contributed by atoms with Gasteiger partial charge in [0.2, 0.25) is 0 Å². The van der Waals surface area contributed by atoms with Crippen molar-refractivity contribution in [2.45, 2.75) is 45.0 Å². The Labute approximate surface area is 120 Å². The molecule has 2 nitrogen and oxygen atoms in total. The first-order valence-electron chi connectivity index (χ1n) is 6.53. The van der Waals surface area contributed by atoms with Crippen LogP contribution in [0.5, 0.6) is 5.75 Å². The Morgan fingerprint density at radius 2 is 1.71 bits per heavy atom. The standard InChI is InChI=1S/C14H18F5NO/c1-3-20-13(2,14(17,18)19)9-8-10-4-6-11(7-5-10)21-12(15)16/h4-7,12,20H,3,8-9H2,1-2H3. The molecule has 1 aromatic rings. The minimum Gasteiger partial charge on any atom is -0.435 e. The van der Waals surface area contributed by atoms with Crippen LogP contribution >= 0.6 is 0 Å². The van der Waals surface area contributed by atoms with E-state index in [9.17, 15) is 22.0 Å². The fourth-order valence-corrected chi connectivity index (χ4v) is 1.95. The summed E-state index contributed by atoms with van der Waals surface area (Å²) in [5.41, 5.74) is -1.34. The van der Waals surface area contributed by atoms with Crippen LogP contribution in [-0.2, 0) is 6.42 Å². The normalized spacial score (nSPS) is 15.0. The van der Waals surface area contributed by atoms with E-state index in [0.717, 1.165) is 6.92 Å². The number of alkyl halides is 5. The minimum absolute atomic E-state index is 0.0148. The molecule has 7 heteroatoms. The lowest BCUT2D eigenvalue weighted by molar-refractivity contribution is -0.193. The van der Waals surface area contributed by atoms with E-state index >= 15 is 0 Å². The van der Waals surface area contributed by atoms with Gasteiger partial charge in [-0.3, -0.25) is 0 Å². The summed E-state index contributed by atoms with van der Waals surface area (Å²) in [5, 5.41) is 2.46. The van der Waals surface area contributed by atoms with Gasteiger partial charge in [-0.15, -0.1) is 0 Å². The van der Waals surface area contributed by atoms with Gasteiger partial charge in [-0.05, 0) is 44.0 Å².